The van der Waals surface area contributed by atoms with Crippen molar-refractivity contribution in [3.63, 3.8) is 0 Å². The van der Waals surface area contributed by atoms with Crippen molar-refractivity contribution in [3.05, 3.63) is 0 Å². The van der Waals surface area contributed by atoms with E-state index >= 15 is 0 Å². The summed E-state index contributed by atoms with van der Waals surface area (Å²) in [6, 6.07) is 0. The van der Waals surface area contributed by atoms with E-state index in [0.717, 1.165) is 38.5 Å². The molecule has 36 heavy (non-hydrogen) atoms. The van der Waals surface area contributed by atoms with Crippen molar-refractivity contribution in [2.75, 3.05) is 19.8 Å². The number of rotatable bonds is 18. The zero-order chi connectivity index (χ0) is 28.2. The van der Waals surface area contributed by atoms with Crippen LogP contribution in [0, 0.1) is 0 Å². The van der Waals surface area contributed by atoms with Gasteiger partial charge in [-0.2, -0.15) is 4.21 Å². The predicted molar refractivity (Wildman–Crippen MR) is 163 cm³/mol. The largest absolute Gasteiger partial charge is 6.00 e. The Kier molecular flexibility index (Phi) is 47.3. The van der Waals surface area contributed by atoms with Crippen LogP contribution >= 0.6 is 17.1 Å². The van der Waals surface area contributed by atoms with E-state index in [1.165, 1.54) is 38.5 Å². The standard InChI is InChI=1S/3C6H15O2PS2.Mo.OS/c3*1-2-3-4-5-6-8-9(7,10)11;;1-2/h3*2-6H2,1H3,(H2,7,10,11);;/q;;;+6;/p-6. The van der Waals surface area contributed by atoms with E-state index in [4.69, 9.17) is 17.8 Å². The molecule has 0 radical (unpaired) electrons. The van der Waals surface area contributed by atoms with E-state index in [9.17, 15) is 14.7 Å². The molecule has 0 N–H and O–H groups in total. The topological polar surface area (TPSA) is 114 Å². The zero-order valence-corrected chi connectivity index (χ0v) is 31.5. The van der Waals surface area contributed by atoms with Crippen LogP contribution in [0.5, 0.6) is 0 Å². The minimum atomic E-state index is -3.05. The van der Waals surface area contributed by atoms with Crippen molar-refractivity contribution >= 4 is 102 Å². The Bertz CT molecular complexity index is 505. The Labute approximate surface area is 270 Å². The van der Waals surface area contributed by atoms with Crippen LogP contribution in [-0.4, -0.2) is 24.0 Å². The number of hydrogen-bond acceptors (Lipinski definition) is 14. The molecule has 0 aliphatic heterocycles. The summed E-state index contributed by atoms with van der Waals surface area (Å²) in [6.45, 7) is 7.74. The molecule has 0 aliphatic rings. The van der Waals surface area contributed by atoms with Crippen LogP contribution in [0.15, 0.2) is 0 Å². The van der Waals surface area contributed by atoms with Gasteiger partial charge in [-0.05, 0) is 19.3 Å². The third kappa shape index (κ3) is 66.0. The van der Waals surface area contributed by atoms with Crippen LogP contribution < -0.4 is 14.7 Å². The maximum Gasteiger partial charge on any atom is 6.00 e. The summed E-state index contributed by atoms with van der Waals surface area (Å²) in [5, 5.41) is 0. The molecule has 0 aliphatic carbocycles. The quantitative estimate of drug-likeness (QED) is 0.0821. The van der Waals surface area contributed by atoms with E-state index in [1.54, 1.807) is 0 Å². The summed E-state index contributed by atoms with van der Waals surface area (Å²) in [5.41, 5.74) is -9.14. The molecule has 0 fully saturated rings. The molecule has 0 saturated carbocycles. The molecule has 0 amide bonds. The van der Waals surface area contributed by atoms with Crippen molar-refractivity contribution < 1.29 is 53.5 Å². The molecule has 0 rings (SSSR count). The molecule has 0 spiro atoms. The second kappa shape index (κ2) is 34.7. The Hall–Kier alpha value is 3.47. The van der Waals surface area contributed by atoms with Gasteiger partial charge in [0.15, 0.2) is 12.5 Å². The molecule has 3 atom stereocenters. The van der Waals surface area contributed by atoms with Crippen molar-refractivity contribution in [2.45, 2.75) is 97.8 Å². The first-order valence-electron chi connectivity index (χ1n) is 11.3. The summed E-state index contributed by atoms with van der Waals surface area (Å²) >= 11 is 29.3. The van der Waals surface area contributed by atoms with Gasteiger partial charge in [0.1, 0.15) is 0 Å². The van der Waals surface area contributed by atoms with Crippen LogP contribution in [0.2, 0.25) is 0 Å². The third-order valence-electron chi connectivity index (χ3n) is 3.74. The molecule has 0 heterocycles. The molecule has 0 aromatic carbocycles. The number of unbranched alkanes of at least 4 members (excludes halogenated alkanes) is 9. The molecule has 7 nitrogen and oxygen atoms in total. The Balaban J connectivity index is -0.000000127. The molecule has 3 unspecified atom stereocenters. The third-order valence-corrected chi connectivity index (χ3v) is 7.14. The smallest absolute Gasteiger partial charge is 0.819 e. The van der Waals surface area contributed by atoms with Crippen LogP contribution in [0.3, 0.4) is 0 Å². The molecule has 0 aromatic rings. The molecular formula is C18H39MoO7P3S7. The summed E-state index contributed by atoms with van der Waals surface area (Å²) in [5.74, 6) is 0. The predicted octanol–water partition coefficient (Wildman–Crippen LogP) is 4.81. The van der Waals surface area contributed by atoms with Crippen molar-refractivity contribution in [2.24, 2.45) is 0 Å². The fourth-order valence-electron chi connectivity index (χ4n) is 2.12. The molecule has 0 saturated heterocycles. The Morgan fingerprint density at radius 3 is 0.861 bits per heavy atom. The average Bonchev–Trinajstić information content (AvgIpc) is 2.73. The van der Waals surface area contributed by atoms with Crippen LogP contribution in [0.1, 0.15) is 97.8 Å². The SMILES string of the molecule is CCCCCCOP([O-])(=S)[S-].CCCCCCOP([O-])(=S)[S-].CCCCCCOP([O-])(=S)[S-].O=S.[Mo+6]. The van der Waals surface area contributed by atoms with Crippen molar-refractivity contribution in [3.8, 4) is 0 Å². The Morgan fingerprint density at radius 2 is 0.722 bits per heavy atom. The van der Waals surface area contributed by atoms with Gasteiger partial charge >= 0.3 is 21.1 Å². The van der Waals surface area contributed by atoms with Gasteiger partial charge in [0, 0.05) is 19.8 Å². The van der Waals surface area contributed by atoms with Gasteiger partial charge < -0.3 is 65.0 Å². The van der Waals surface area contributed by atoms with Gasteiger partial charge in [-0.1, -0.05) is 78.6 Å². The van der Waals surface area contributed by atoms with Crippen molar-refractivity contribution in [1.82, 2.24) is 0 Å². The van der Waals surface area contributed by atoms with Gasteiger partial charge in [0.2, 0.25) is 0 Å². The van der Waals surface area contributed by atoms with Gasteiger partial charge in [0.05, 0.1) is 0 Å². The molecule has 0 bridgehead atoms. The first-order valence-corrected chi connectivity index (χ1v) is 22.6. The second-order valence-electron chi connectivity index (χ2n) is 7.02. The maximum atomic E-state index is 10.7. The second-order valence-corrected chi connectivity index (χ2v) is 21.2. The molecular weight excluding hydrogens is 742 g/mol. The normalized spacial score (nSPS) is 15.0. The maximum absolute atomic E-state index is 10.7. The summed E-state index contributed by atoms with van der Waals surface area (Å²) in [7, 11) is 0. The van der Waals surface area contributed by atoms with Gasteiger partial charge in [-0.3, -0.25) is 0 Å². The fraction of sp³-hybridized carbons (Fsp3) is 1.00. The van der Waals surface area contributed by atoms with E-state index in [-0.39, 0.29) is 21.1 Å². The van der Waals surface area contributed by atoms with Crippen LogP contribution in [0.25, 0.3) is 0 Å². The first-order chi connectivity index (χ1) is 16.2. The summed E-state index contributed by atoms with van der Waals surface area (Å²) < 4.78 is 22.1. The monoisotopic (exact) mass is 782 g/mol. The van der Waals surface area contributed by atoms with Crippen molar-refractivity contribution in [1.29, 1.82) is 0 Å². The minimum Gasteiger partial charge on any atom is -0.819 e. The summed E-state index contributed by atoms with van der Waals surface area (Å²) in [4.78, 5) is 32.0. The Morgan fingerprint density at radius 1 is 0.528 bits per heavy atom. The van der Waals surface area contributed by atoms with E-state index in [2.05, 4.69) is 105 Å². The zero-order valence-electron chi connectivity index (χ0n) is 21.1. The van der Waals surface area contributed by atoms with E-state index in [0.29, 0.717) is 19.8 Å². The van der Waals surface area contributed by atoms with E-state index < -0.39 is 17.1 Å². The average molecular weight is 781 g/mol. The van der Waals surface area contributed by atoms with Gasteiger partial charge in [-0.25, -0.2) is 0 Å². The number of hydrogen-bond donors (Lipinski definition) is 0. The van der Waals surface area contributed by atoms with Gasteiger partial charge in [-0.15, -0.1) is 52.5 Å². The fourth-order valence-corrected chi connectivity index (χ4v) is 4.52. The first kappa shape index (κ1) is 49.2. The van der Waals surface area contributed by atoms with Gasteiger partial charge in [0.25, 0.3) is 0 Å². The summed E-state index contributed by atoms with van der Waals surface area (Å²) in [6.07, 6.45) is 13.1. The van der Waals surface area contributed by atoms with E-state index in [1.807, 2.05) is 0 Å². The van der Waals surface area contributed by atoms with Crippen LogP contribution in [-0.2, 0) is 119 Å². The molecule has 216 valence electrons. The molecule has 0 aromatic heterocycles. The minimum absolute atomic E-state index is 0. The van der Waals surface area contributed by atoms with Crippen LogP contribution in [0.4, 0.5) is 0 Å². The molecule has 18 heteroatoms.